The highest BCUT2D eigenvalue weighted by molar-refractivity contribution is 5.92. The van der Waals surface area contributed by atoms with E-state index in [4.69, 9.17) is 0 Å². The molecule has 2 aliphatic rings. The van der Waals surface area contributed by atoms with Gasteiger partial charge in [-0.15, -0.1) is 12.4 Å². The second-order valence-electron chi connectivity index (χ2n) is 6.46. The van der Waals surface area contributed by atoms with Crippen LogP contribution in [0, 0.1) is 13.8 Å². The van der Waals surface area contributed by atoms with E-state index in [1.807, 2.05) is 6.92 Å². The molecule has 2 saturated heterocycles. The SMILES string of the molecule is Cc1ccc(C)c(NC(=O)CC23CCCN2CCC3)c1.Cl. The van der Waals surface area contributed by atoms with Crippen molar-refractivity contribution >= 4 is 24.0 Å². The molecule has 1 aromatic carbocycles. The third kappa shape index (κ3) is 3.24. The fraction of sp³-hybridized carbons (Fsp3) is 0.588. The summed E-state index contributed by atoms with van der Waals surface area (Å²) in [7, 11) is 0. The smallest absolute Gasteiger partial charge is 0.226 e. The molecule has 3 nitrogen and oxygen atoms in total. The van der Waals surface area contributed by atoms with Gasteiger partial charge in [0.05, 0.1) is 0 Å². The number of halogens is 1. The average molecular weight is 309 g/mol. The molecule has 0 radical (unpaired) electrons. The van der Waals surface area contributed by atoms with Crippen molar-refractivity contribution in [2.24, 2.45) is 0 Å². The van der Waals surface area contributed by atoms with Crippen LogP contribution >= 0.6 is 12.4 Å². The fourth-order valence-corrected chi connectivity index (χ4v) is 3.88. The Morgan fingerprint density at radius 3 is 2.57 bits per heavy atom. The minimum Gasteiger partial charge on any atom is -0.326 e. The predicted molar refractivity (Wildman–Crippen MR) is 89.2 cm³/mol. The molecule has 2 aliphatic heterocycles. The van der Waals surface area contributed by atoms with Gasteiger partial charge in [-0.3, -0.25) is 9.69 Å². The molecule has 4 heteroatoms. The number of aryl methyl sites for hydroxylation is 2. The molecule has 0 unspecified atom stereocenters. The number of benzene rings is 1. The van der Waals surface area contributed by atoms with Crippen molar-refractivity contribution in [1.29, 1.82) is 0 Å². The van der Waals surface area contributed by atoms with E-state index in [-0.39, 0.29) is 23.9 Å². The molecule has 1 amide bonds. The lowest BCUT2D eigenvalue weighted by atomic mass is 9.90. The number of hydrogen-bond acceptors (Lipinski definition) is 2. The molecular weight excluding hydrogens is 284 g/mol. The molecule has 2 heterocycles. The lowest BCUT2D eigenvalue weighted by Gasteiger charge is -2.31. The summed E-state index contributed by atoms with van der Waals surface area (Å²) < 4.78 is 0. The fourth-order valence-electron chi connectivity index (χ4n) is 3.88. The van der Waals surface area contributed by atoms with Gasteiger partial charge in [0.2, 0.25) is 5.91 Å². The van der Waals surface area contributed by atoms with Gasteiger partial charge in [-0.25, -0.2) is 0 Å². The van der Waals surface area contributed by atoms with Gasteiger partial charge in [0.1, 0.15) is 0 Å². The zero-order valence-corrected chi connectivity index (χ0v) is 13.8. The molecule has 0 aromatic heterocycles. The summed E-state index contributed by atoms with van der Waals surface area (Å²) in [5, 5.41) is 3.12. The maximum Gasteiger partial charge on any atom is 0.226 e. The quantitative estimate of drug-likeness (QED) is 0.924. The summed E-state index contributed by atoms with van der Waals surface area (Å²) in [5.74, 6) is 0.174. The first-order valence-electron chi connectivity index (χ1n) is 7.71. The lowest BCUT2D eigenvalue weighted by molar-refractivity contribution is -0.118. The molecular formula is C17H25ClN2O. The normalized spacial score (nSPS) is 19.9. The summed E-state index contributed by atoms with van der Waals surface area (Å²) in [5.41, 5.74) is 3.46. The highest BCUT2D eigenvalue weighted by Gasteiger charge is 2.45. The van der Waals surface area contributed by atoms with E-state index >= 15 is 0 Å². The van der Waals surface area contributed by atoms with Gasteiger partial charge >= 0.3 is 0 Å². The highest BCUT2D eigenvalue weighted by Crippen LogP contribution is 2.41. The second kappa shape index (κ2) is 6.37. The molecule has 21 heavy (non-hydrogen) atoms. The number of amides is 1. The van der Waals surface area contributed by atoms with E-state index in [9.17, 15) is 4.79 Å². The van der Waals surface area contributed by atoms with Crippen molar-refractivity contribution in [3.05, 3.63) is 29.3 Å². The van der Waals surface area contributed by atoms with E-state index < -0.39 is 0 Å². The Balaban J connectivity index is 0.00000161. The number of rotatable bonds is 3. The van der Waals surface area contributed by atoms with Crippen molar-refractivity contribution in [1.82, 2.24) is 4.90 Å². The lowest BCUT2D eigenvalue weighted by Crippen LogP contribution is -2.41. The summed E-state index contributed by atoms with van der Waals surface area (Å²) in [6.07, 6.45) is 5.52. The van der Waals surface area contributed by atoms with Gasteiger partial charge in [-0.1, -0.05) is 12.1 Å². The summed E-state index contributed by atoms with van der Waals surface area (Å²) in [4.78, 5) is 15.0. The first kappa shape index (κ1) is 16.3. The average Bonchev–Trinajstić information content (AvgIpc) is 2.92. The van der Waals surface area contributed by atoms with E-state index in [0.717, 1.165) is 11.3 Å². The molecule has 1 aromatic rings. The Morgan fingerprint density at radius 1 is 1.24 bits per heavy atom. The molecule has 2 fully saturated rings. The largest absolute Gasteiger partial charge is 0.326 e. The summed E-state index contributed by atoms with van der Waals surface area (Å²) in [6, 6.07) is 6.21. The Hall–Kier alpha value is -1.06. The number of nitrogens with one attached hydrogen (secondary N) is 1. The van der Waals surface area contributed by atoms with Crippen molar-refractivity contribution < 1.29 is 4.79 Å². The Morgan fingerprint density at radius 2 is 1.90 bits per heavy atom. The van der Waals surface area contributed by atoms with Crippen LogP contribution in [-0.2, 0) is 4.79 Å². The van der Waals surface area contributed by atoms with Crippen LogP contribution in [0.5, 0.6) is 0 Å². The van der Waals surface area contributed by atoms with E-state index in [1.165, 1.54) is 44.3 Å². The van der Waals surface area contributed by atoms with Gasteiger partial charge in [-0.2, -0.15) is 0 Å². The Kier molecular flexibility index (Phi) is 4.95. The van der Waals surface area contributed by atoms with Crippen LogP contribution < -0.4 is 5.32 Å². The van der Waals surface area contributed by atoms with E-state index in [0.29, 0.717) is 6.42 Å². The minimum absolute atomic E-state index is 0. The number of carbonyl (C=O) groups is 1. The molecule has 3 rings (SSSR count). The van der Waals surface area contributed by atoms with Crippen LogP contribution in [0.4, 0.5) is 5.69 Å². The molecule has 0 bridgehead atoms. The molecule has 1 N–H and O–H groups in total. The van der Waals surface area contributed by atoms with Crippen LogP contribution in [0.25, 0.3) is 0 Å². The molecule has 0 atom stereocenters. The zero-order valence-electron chi connectivity index (χ0n) is 12.9. The third-order valence-corrected chi connectivity index (χ3v) is 4.97. The number of carbonyl (C=O) groups excluding carboxylic acids is 1. The standard InChI is InChI=1S/C17H24N2O.ClH/c1-13-5-6-14(2)15(11-13)18-16(20)12-17-7-3-9-19(17)10-4-8-17;/h5-6,11H,3-4,7-10,12H2,1-2H3,(H,18,20);1H. The van der Waals surface area contributed by atoms with Crippen LogP contribution in [0.2, 0.25) is 0 Å². The second-order valence-corrected chi connectivity index (χ2v) is 6.46. The molecule has 116 valence electrons. The first-order chi connectivity index (χ1) is 9.59. The Bertz CT molecular complexity index is 520. The van der Waals surface area contributed by atoms with Crippen LogP contribution in [0.3, 0.4) is 0 Å². The number of hydrogen-bond donors (Lipinski definition) is 1. The van der Waals surface area contributed by atoms with Crippen LogP contribution in [-0.4, -0.2) is 29.4 Å². The monoisotopic (exact) mass is 308 g/mol. The maximum atomic E-state index is 12.4. The molecule has 0 aliphatic carbocycles. The van der Waals surface area contributed by atoms with Crippen molar-refractivity contribution in [2.45, 2.75) is 51.5 Å². The van der Waals surface area contributed by atoms with Gasteiger partial charge in [0.15, 0.2) is 0 Å². The van der Waals surface area contributed by atoms with Gasteiger partial charge in [-0.05, 0) is 69.8 Å². The van der Waals surface area contributed by atoms with E-state index in [2.05, 4.69) is 35.3 Å². The number of nitrogens with zero attached hydrogens (tertiary/aromatic N) is 1. The predicted octanol–water partition coefficient (Wildman–Crippen LogP) is 3.68. The van der Waals surface area contributed by atoms with Gasteiger partial charge in [0.25, 0.3) is 0 Å². The summed E-state index contributed by atoms with van der Waals surface area (Å²) in [6.45, 7) is 6.46. The summed E-state index contributed by atoms with van der Waals surface area (Å²) >= 11 is 0. The zero-order chi connectivity index (χ0) is 14.2. The van der Waals surface area contributed by atoms with Crippen molar-refractivity contribution in [3.63, 3.8) is 0 Å². The van der Waals surface area contributed by atoms with Crippen molar-refractivity contribution in [2.75, 3.05) is 18.4 Å². The van der Waals surface area contributed by atoms with E-state index in [1.54, 1.807) is 0 Å². The van der Waals surface area contributed by atoms with Gasteiger partial charge < -0.3 is 5.32 Å². The molecule has 0 spiro atoms. The van der Waals surface area contributed by atoms with Gasteiger partial charge in [0, 0.05) is 17.6 Å². The van der Waals surface area contributed by atoms with Crippen LogP contribution in [0.1, 0.15) is 43.2 Å². The van der Waals surface area contributed by atoms with Crippen LogP contribution in [0.15, 0.2) is 18.2 Å². The molecule has 0 saturated carbocycles. The highest BCUT2D eigenvalue weighted by atomic mass is 35.5. The maximum absolute atomic E-state index is 12.4. The third-order valence-electron chi connectivity index (χ3n) is 4.97. The number of fused-ring (bicyclic) bond motifs is 1. The first-order valence-corrected chi connectivity index (χ1v) is 7.71. The topological polar surface area (TPSA) is 32.3 Å². The minimum atomic E-state index is 0. The van der Waals surface area contributed by atoms with Crippen molar-refractivity contribution in [3.8, 4) is 0 Å². The number of anilines is 1. The Labute approximate surface area is 133 Å².